The Labute approximate surface area is 166 Å². The van der Waals surface area contributed by atoms with Crippen LogP contribution < -0.4 is 4.90 Å². The average Bonchev–Trinajstić information content (AvgIpc) is 3.04. The molecule has 1 aliphatic rings. The van der Waals surface area contributed by atoms with Crippen LogP contribution in [-0.2, 0) is 14.3 Å². The number of anilines is 1. The molecule has 1 amide bonds. The van der Waals surface area contributed by atoms with Crippen LogP contribution in [-0.4, -0.2) is 30.8 Å². The quantitative estimate of drug-likeness (QED) is 0.534. The Morgan fingerprint density at radius 1 is 1.15 bits per heavy atom. The number of aryl methyl sites for hydroxylation is 1. The number of esters is 1. The van der Waals surface area contributed by atoms with Gasteiger partial charge in [0.1, 0.15) is 0 Å². The first-order valence-electron chi connectivity index (χ1n) is 8.69. The van der Waals surface area contributed by atoms with Gasteiger partial charge in [0.05, 0.1) is 5.92 Å². The number of amides is 1. The minimum absolute atomic E-state index is 0.0959. The zero-order valence-electron chi connectivity index (χ0n) is 15.2. The molecule has 0 saturated carbocycles. The van der Waals surface area contributed by atoms with E-state index in [9.17, 15) is 14.4 Å². The number of nitrogens with zero attached hydrogens (tertiary/aromatic N) is 1. The maximum atomic E-state index is 12.4. The van der Waals surface area contributed by atoms with Crippen LogP contribution >= 0.6 is 15.9 Å². The zero-order chi connectivity index (χ0) is 19.6. The minimum Gasteiger partial charge on any atom is -0.457 e. The van der Waals surface area contributed by atoms with Gasteiger partial charge in [0.25, 0.3) is 0 Å². The molecule has 2 aromatic carbocycles. The van der Waals surface area contributed by atoms with Crippen molar-refractivity contribution in [3.8, 4) is 0 Å². The molecule has 6 heteroatoms. The SMILES string of the molecule is Cc1cccc(N2C[C@@H](C(=O)OCC(=O)c3ccc(Br)cc3)CC2=O)c1C. The number of ether oxygens (including phenoxy) is 1. The van der Waals surface area contributed by atoms with Crippen LogP contribution in [0.2, 0.25) is 0 Å². The van der Waals surface area contributed by atoms with E-state index in [1.165, 1.54) is 0 Å². The largest absolute Gasteiger partial charge is 0.457 e. The van der Waals surface area contributed by atoms with E-state index < -0.39 is 11.9 Å². The highest BCUT2D eigenvalue weighted by Crippen LogP contribution is 2.29. The molecule has 0 spiro atoms. The summed E-state index contributed by atoms with van der Waals surface area (Å²) in [5, 5.41) is 0. The molecule has 5 nitrogen and oxygen atoms in total. The van der Waals surface area contributed by atoms with Crippen molar-refractivity contribution in [1.29, 1.82) is 0 Å². The molecule has 3 rings (SSSR count). The van der Waals surface area contributed by atoms with Crippen LogP contribution in [0.1, 0.15) is 27.9 Å². The topological polar surface area (TPSA) is 63.7 Å². The Kier molecular flexibility index (Phi) is 5.75. The standard InChI is InChI=1S/C21H20BrNO4/c1-13-4-3-5-18(14(13)2)23-11-16(10-20(23)25)21(26)27-12-19(24)15-6-8-17(22)9-7-15/h3-9,16H,10-12H2,1-2H3/t16-/m0/s1. The van der Waals surface area contributed by atoms with Crippen LogP contribution in [0.5, 0.6) is 0 Å². The summed E-state index contributed by atoms with van der Waals surface area (Å²) in [6.07, 6.45) is 0.0959. The molecule has 1 saturated heterocycles. The van der Waals surface area contributed by atoms with Crippen LogP contribution in [0.25, 0.3) is 0 Å². The molecule has 0 aromatic heterocycles. The Morgan fingerprint density at radius 3 is 2.56 bits per heavy atom. The summed E-state index contributed by atoms with van der Waals surface area (Å²) in [5.74, 6) is -1.45. The fourth-order valence-corrected chi connectivity index (χ4v) is 3.36. The van der Waals surface area contributed by atoms with Gasteiger partial charge in [0, 0.05) is 28.7 Å². The van der Waals surface area contributed by atoms with Gasteiger partial charge in [-0.3, -0.25) is 14.4 Å². The maximum absolute atomic E-state index is 12.4. The fraction of sp³-hybridized carbons (Fsp3) is 0.286. The van der Waals surface area contributed by atoms with Gasteiger partial charge in [-0.2, -0.15) is 0 Å². The van der Waals surface area contributed by atoms with Gasteiger partial charge < -0.3 is 9.64 Å². The molecular formula is C21H20BrNO4. The van der Waals surface area contributed by atoms with Crippen LogP contribution in [0.3, 0.4) is 0 Å². The number of benzene rings is 2. The number of hydrogen-bond acceptors (Lipinski definition) is 4. The van der Waals surface area contributed by atoms with E-state index in [4.69, 9.17) is 4.74 Å². The molecule has 0 unspecified atom stereocenters. The van der Waals surface area contributed by atoms with E-state index in [-0.39, 0.29) is 31.3 Å². The van der Waals surface area contributed by atoms with E-state index in [1.807, 2.05) is 32.0 Å². The number of carbonyl (C=O) groups excluding carboxylic acids is 3. The third-order valence-electron chi connectivity index (χ3n) is 4.84. The summed E-state index contributed by atoms with van der Waals surface area (Å²) in [7, 11) is 0. The first-order chi connectivity index (χ1) is 12.9. The normalized spacial score (nSPS) is 16.5. The maximum Gasteiger partial charge on any atom is 0.311 e. The molecule has 0 aliphatic carbocycles. The molecule has 1 heterocycles. The monoisotopic (exact) mass is 429 g/mol. The van der Waals surface area contributed by atoms with Crippen LogP contribution in [0, 0.1) is 19.8 Å². The van der Waals surface area contributed by atoms with Gasteiger partial charge in [-0.25, -0.2) is 0 Å². The van der Waals surface area contributed by atoms with Crippen molar-refractivity contribution in [2.75, 3.05) is 18.1 Å². The van der Waals surface area contributed by atoms with Crippen molar-refractivity contribution in [2.24, 2.45) is 5.92 Å². The summed E-state index contributed by atoms with van der Waals surface area (Å²) < 4.78 is 6.05. The minimum atomic E-state index is -0.560. The second-order valence-corrected chi connectivity index (χ2v) is 7.58. The average molecular weight is 430 g/mol. The molecule has 1 fully saturated rings. The van der Waals surface area contributed by atoms with E-state index >= 15 is 0 Å². The summed E-state index contributed by atoms with van der Waals surface area (Å²) >= 11 is 3.31. The Balaban J connectivity index is 1.61. The van der Waals surface area contributed by atoms with E-state index in [0.717, 1.165) is 21.3 Å². The second-order valence-electron chi connectivity index (χ2n) is 6.66. The Morgan fingerprint density at radius 2 is 1.85 bits per heavy atom. The number of ketones is 1. The predicted octanol–water partition coefficient (Wildman–Crippen LogP) is 3.84. The van der Waals surface area contributed by atoms with Gasteiger partial charge in [-0.15, -0.1) is 0 Å². The molecule has 27 heavy (non-hydrogen) atoms. The van der Waals surface area contributed by atoms with Gasteiger partial charge in [-0.05, 0) is 43.2 Å². The lowest BCUT2D eigenvalue weighted by Crippen LogP contribution is -2.27. The first kappa shape index (κ1) is 19.3. The van der Waals surface area contributed by atoms with Gasteiger partial charge >= 0.3 is 5.97 Å². The molecule has 0 radical (unpaired) electrons. The lowest BCUT2D eigenvalue weighted by atomic mass is 10.1. The fourth-order valence-electron chi connectivity index (χ4n) is 3.10. The van der Waals surface area contributed by atoms with Crippen molar-refractivity contribution >= 4 is 39.3 Å². The Hall–Kier alpha value is -2.47. The second kappa shape index (κ2) is 8.05. The van der Waals surface area contributed by atoms with Crippen molar-refractivity contribution in [1.82, 2.24) is 0 Å². The number of carbonyl (C=O) groups is 3. The number of halogens is 1. The number of rotatable bonds is 5. The lowest BCUT2D eigenvalue weighted by Gasteiger charge is -2.20. The highest BCUT2D eigenvalue weighted by molar-refractivity contribution is 9.10. The lowest BCUT2D eigenvalue weighted by molar-refractivity contribution is -0.147. The molecular weight excluding hydrogens is 410 g/mol. The summed E-state index contributed by atoms with van der Waals surface area (Å²) in [6.45, 7) is 3.89. The molecule has 0 bridgehead atoms. The Bertz CT molecular complexity index is 892. The smallest absolute Gasteiger partial charge is 0.311 e. The van der Waals surface area contributed by atoms with E-state index in [0.29, 0.717) is 5.56 Å². The summed E-state index contributed by atoms with van der Waals surface area (Å²) in [5.41, 5.74) is 3.41. The van der Waals surface area contributed by atoms with Gasteiger partial charge in [-0.1, -0.05) is 40.2 Å². The highest BCUT2D eigenvalue weighted by atomic mass is 79.9. The summed E-state index contributed by atoms with van der Waals surface area (Å²) in [6, 6.07) is 12.6. The zero-order valence-corrected chi connectivity index (χ0v) is 16.8. The van der Waals surface area contributed by atoms with Gasteiger partial charge in [0.15, 0.2) is 12.4 Å². The molecule has 2 aromatic rings. The van der Waals surface area contributed by atoms with E-state index in [1.54, 1.807) is 29.2 Å². The van der Waals surface area contributed by atoms with Crippen LogP contribution in [0.15, 0.2) is 46.9 Å². The highest BCUT2D eigenvalue weighted by Gasteiger charge is 2.37. The predicted molar refractivity (Wildman–Crippen MR) is 106 cm³/mol. The number of hydrogen-bond donors (Lipinski definition) is 0. The number of Topliss-reactive ketones (excluding diaryl/α,β-unsaturated/α-hetero) is 1. The van der Waals surface area contributed by atoms with Crippen molar-refractivity contribution in [2.45, 2.75) is 20.3 Å². The third-order valence-corrected chi connectivity index (χ3v) is 5.37. The first-order valence-corrected chi connectivity index (χ1v) is 9.48. The van der Waals surface area contributed by atoms with Gasteiger partial charge in [0.2, 0.25) is 5.91 Å². The van der Waals surface area contributed by atoms with Crippen molar-refractivity contribution < 1.29 is 19.1 Å². The van der Waals surface area contributed by atoms with Crippen molar-refractivity contribution in [3.05, 3.63) is 63.6 Å². The molecule has 0 N–H and O–H groups in total. The van der Waals surface area contributed by atoms with Crippen molar-refractivity contribution in [3.63, 3.8) is 0 Å². The van der Waals surface area contributed by atoms with E-state index in [2.05, 4.69) is 15.9 Å². The molecule has 1 aliphatic heterocycles. The molecule has 1 atom stereocenters. The van der Waals surface area contributed by atoms with Crippen LogP contribution in [0.4, 0.5) is 5.69 Å². The summed E-state index contributed by atoms with van der Waals surface area (Å²) in [4.78, 5) is 38.5. The molecule has 140 valence electrons. The third kappa shape index (κ3) is 4.27.